The van der Waals surface area contributed by atoms with Crippen LogP contribution in [0.3, 0.4) is 0 Å². The van der Waals surface area contributed by atoms with Gasteiger partial charge in [-0.1, -0.05) is 30.3 Å². The van der Waals surface area contributed by atoms with E-state index in [-0.39, 0.29) is 48.6 Å². The average molecular weight is 466 g/mol. The Balaban J connectivity index is 1.45. The van der Waals surface area contributed by atoms with E-state index in [4.69, 9.17) is 4.74 Å². The van der Waals surface area contributed by atoms with Crippen molar-refractivity contribution >= 4 is 21.7 Å². The van der Waals surface area contributed by atoms with Gasteiger partial charge in [0.2, 0.25) is 15.9 Å². The molecule has 2 heterocycles. The standard InChI is InChI=1S/C24H23N3O5S/c1-18(28)19-9-11-21(12-10-19)33(30,31)27-16-14-26(15-17-27)24(29)22-8-5-13-25-23(22)32-20-6-3-2-4-7-20/h2-13H,14-17H2,1H3. The number of ether oxygens (including phenoxy) is 1. The molecule has 1 aromatic heterocycles. The SMILES string of the molecule is CC(=O)c1ccc(S(=O)(=O)N2CCN(C(=O)c3cccnc3Oc3ccccc3)CC2)cc1. The van der Waals surface area contributed by atoms with E-state index >= 15 is 0 Å². The Labute approximate surface area is 192 Å². The summed E-state index contributed by atoms with van der Waals surface area (Å²) in [5, 5.41) is 0. The topological polar surface area (TPSA) is 96.9 Å². The van der Waals surface area contributed by atoms with E-state index in [0.29, 0.717) is 16.9 Å². The number of hydrogen-bond acceptors (Lipinski definition) is 6. The first-order chi connectivity index (χ1) is 15.9. The summed E-state index contributed by atoms with van der Waals surface area (Å²) in [5.41, 5.74) is 0.770. The number of nitrogens with zero attached hydrogens (tertiary/aromatic N) is 3. The monoisotopic (exact) mass is 465 g/mol. The second kappa shape index (κ2) is 9.51. The summed E-state index contributed by atoms with van der Waals surface area (Å²) < 4.78 is 33.1. The molecule has 3 aromatic rings. The van der Waals surface area contributed by atoms with Crippen molar-refractivity contribution in [3.63, 3.8) is 0 Å². The van der Waals surface area contributed by atoms with Crippen LogP contribution in [-0.2, 0) is 10.0 Å². The zero-order valence-corrected chi connectivity index (χ0v) is 18.9. The molecule has 0 N–H and O–H groups in total. The van der Waals surface area contributed by atoms with E-state index in [2.05, 4.69) is 4.98 Å². The lowest BCUT2D eigenvalue weighted by Gasteiger charge is -2.34. The first kappa shape index (κ1) is 22.6. The van der Waals surface area contributed by atoms with Gasteiger partial charge in [0.05, 0.1) is 4.90 Å². The maximum Gasteiger partial charge on any atom is 0.259 e. The fourth-order valence-electron chi connectivity index (χ4n) is 3.55. The Morgan fingerprint density at radius 1 is 0.879 bits per heavy atom. The van der Waals surface area contributed by atoms with Gasteiger partial charge in [-0.05, 0) is 43.3 Å². The van der Waals surface area contributed by atoms with Crippen molar-refractivity contribution in [2.24, 2.45) is 0 Å². The molecule has 1 fully saturated rings. The summed E-state index contributed by atoms with van der Waals surface area (Å²) in [7, 11) is -3.72. The number of Topliss-reactive ketones (excluding diaryl/α,β-unsaturated/α-hetero) is 1. The smallest absolute Gasteiger partial charge is 0.259 e. The lowest BCUT2D eigenvalue weighted by Crippen LogP contribution is -2.50. The molecule has 33 heavy (non-hydrogen) atoms. The zero-order chi connectivity index (χ0) is 23.4. The summed E-state index contributed by atoms with van der Waals surface area (Å²) in [4.78, 5) is 30.5. The number of ketones is 1. The van der Waals surface area contributed by atoms with Crippen LogP contribution in [0.5, 0.6) is 11.6 Å². The summed E-state index contributed by atoms with van der Waals surface area (Å²) in [5.74, 6) is 0.375. The Hall–Kier alpha value is -3.56. The van der Waals surface area contributed by atoms with Gasteiger partial charge in [0, 0.05) is 37.9 Å². The van der Waals surface area contributed by atoms with Gasteiger partial charge in [0.25, 0.3) is 5.91 Å². The number of para-hydroxylation sites is 1. The Morgan fingerprint density at radius 2 is 1.55 bits per heavy atom. The zero-order valence-electron chi connectivity index (χ0n) is 18.0. The normalized spacial score (nSPS) is 14.6. The van der Waals surface area contributed by atoms with E-state index in [1.54, 1.807) is 35.4 Å². The van der Waals surface area contributed by atoms with Crippen molar-refractivity contribution in [2.45, 2.75) is 11.8 Å². The molecule has 0 spiro atoms. The number of piperazine rings is 1. The van der Waals surface area contributed by atoms with Crippen LogP contribution >= 0.6 is 0 Å². The van der Waals surface area contributed by atoms with Crippen molar-refractivity contribution in [1.82, 2.24) is 14.2 Å². The van der Waals surface area contributed by atoms with Gasteiger partial charge in [-0.2, -0.15) is 4.31 Å². The second-order valence-electron chi connectivity index (χ2n) is 7.55. The molecule has 1 aliphatic heterocycles. The highest BCUT2D eigenvalue weighted by Gasteiger charge is 2.31. The largest absolute Gasteiger partial charge is 0.438 e. The van der Waals surface area contributed by atoms with Gasteiger partial charge in [0.15, 0.2) is 5.78 Å². The number of amides is 1. The Morgan fingerprint density at radius 3 is 2.18 bits per heavy atom. The van der Waals surface area contributed by atoms with E-state index in [0.717, 1.165) is 0 Å². The van der Waals surface area contributed by atoms with E-state index < -0.39 is 10.0 Å². The minimum Gasteiger partial charge on any atom is -0.438 e. The van der Waals surface area contributed by atoms with Crippen LogP contribution in [0.1, 0.15) is 27.6 Å². The number of hydrogen-bond donors (Lipinski definition) is 0. The minimum absolute atomic E-state index is 0.123. The number of rotatable bonds is 6. The number of carbonyl (C=O) groups excluding carboxylic acids is 2. The highest BCUT2D eigenvalue weighted by molar-refractivity contribution is 7.89. The molecular weight excluding hydrogens is 442 g/mol. The Bertz CT molecular complexity index is 1250. The molecule has 0 saturated carbocycles. The minimum atomic E-state index is -3.72. The fourth-order valence-corrected chi connectivity index (χ4v) is 4.97. The van der Waals surface area contributed by atoms with Gasteiger partial charge in [0.1, 0.15) is 11.3 Å². The first-order valence-electron chi connectivity index (χ1n) is 10.4. The van der Waals surface area contributed by atoms with Crippen molar-refractivity contribution in [1.29, 1.82) is 0 Å². The molecule has 1 amide bonds. The molecular formula is C24H23N3O5S. The van der Waals surface area contributed by atoms with Crippen LogP contribution in [0.4, 0.5) is 0 Å². The fraction of sp³-hybridized carbons (Fsp3) is 0.208. The maximum atomic E-state index is 13.1. The van der Waals surface area contributed by atoms with Crippen LogP contribution < -0.4 is 4.74 Å². The predicted molar refractivity (Wildman–Crippen MR) is 122 cm³/mol. The number of aromatic nitrogens is 1. The highest BCUT2D eigenvalue weighted by atomic mass is 32.2. The molecule has 0 unspecified atom stereocenters. The average Bonchev–Trinajstić information content (AvgIpc) is 2.85. The highest BCUT2D eigenvalue weighted by Crippen LogP contribution is 2.25. The number of carbonyl (C=O) groups is 2. The molecule has 2 aromatic carbocycles. The van der Waals surface area contributed by atoms with Gasteiger partial charge < -0.3 is 9.64 Å². The van der Waals surface area contributed by atoms with Crippen LogP contribution in [0.25, 0.3) is 0 Å². The molecule has 0 radical (unpaired) electrons. The summed E-state index contributed by atoms with van der Waals surface area (Å²) >= 11 is 0. The number of benzene rings is 2. The van der Waals surface area contributed by atoms with Crippen LogP contribution in [-0.4, -0.2) is 60.5 Å². The van der Waals surface area contributed by atoms with Crippen molar-refractivity contribution in [3.05, 3.63) is 84.1 Å². The van der Waals surface area contributed by atoms with Crippen LogP contribution in [0.15, 0.2) is 77.8 Å². The first-order valence-corrected chi connectivity index (χ1v) is 11.9. The molecule has 4 rings (SSSR count). The van der Waals surface area contributed by atoms with Crippen LogP contribution in [0.2, 0.25) is 0 Å². The molecule has 0 atom stereocenters. The lowest BCUT2D eigenvalue weighted by atomic mass is 10.2. The summed E-state index contributed by atoms with van der Waals surface area (Å²) in [6.07, 6.45) is 1.55. The van der Waals surface area contributed by atoms with Gasteiger partial charge in [-0.15, -0.1) is 0 Å². The molecule has 1 saturated heterocycles. The number of pyridine rings is 1. The van der Waals surface area contributed by atoms with Crippen molar-refractivity contribution in [3.8, 4) is 11.6 Å². The molecule has 170 valence electrons. The third kappa shape index (κ3) is 4.94. The van der Waals surface area contributed by atoms with E-state index in [1.165, 1.54) is 35.5 Å². The van der Waals surface area contributed by atoms with E-state index in [1.807, 2.05) is 18.2 Å². The summed E-state index contributed by atoms with van der Waals surface area (Å²) in [6.45, 7) is 2.24. The Kier molecular flexibility index (Phi) is 6.52. The molecule has 8 nitrogen and oxygen atoms in total. The van der Waals surface area contributed by atoms with Gasteiger partial charge in [-0.25, -0.2) is 13.4 Å². The third-order valence-corrected chi connectivity index (χ3v) is 7.30. The number of sulfonamides is 1. The van der Waals surface area contributed by atoms with Gasteiger partial charge >= 0.3 is 0 Å². The molecule has 1 aliphatic rings. The van der Waals surface area contributed by atoms with Crippen LogP contribution in [0, 0.1) is 0 Å². The maximum absolute atomic E-state index is 13.1. The van der Waals surface area contributed by atoms with Crippen molar-refractivity contribution in [2.75, 3.05) is 26.2 Å². The molecule has 0 bridgehead atoms. The molecule has 0 aliphatic carbocycles. The lowest BCUT2D eigenvalue weighted by molar-refractivity contribution is 0.0694. The third-order valence-electron chi connectivity index (χ3n) is 5.38. The van der Waals surface area contributed by atoms with Gasteiger partial charge in [-0.3, -0.25) is 9.59 Å². The summed E-state index contributed by atoms with van der Waals surface area (Å²) in [6, 6.07) is 18.3. The second-order valence-corrected chi connectivity index (χ2v) is 9.49. The predicted octanol–water partition coefficient (Wildman–Crippen LogP) is 3.22. The molecule has 9 heteroatoms. The quantitative estimate of drug-likeness (QED) is 0.519. The van der Waals surface area contributed by atoms with Crippen molar-refractivity contribution < 1.29 is 22.7 Å². The van der Waals surface area contributed by atoms with E-state index in [9.17, 15) is 18.0 Å².